The molecule has 0 spiro atoms. The molecule has 0 fully saturated rings. The summed E-state index contributed by atoms with van der Waals surface area (Å²) in [6.45, 7) is 8.03. The number of unbranched alkanes of at least 4 members (excludes halogenated alkanes) is 3. The molecule has 0 N–H and O–H groups in total. The SMILES string of the molecule is Cc1ccc2c(=O)n(CCCCCCn3[se]c4c(C)c(C)ccc4c3=O)[se]c2c1. The summed E-state index contributed by atoms with van der Waals surface area (Å²) in [5, 5.41) is 1.81. The van der Waals surface area contributed by atoms with Crippen molar-refractivity contribution in [3.8, 4) is 0 Å². The van der Waals surface area contributed by atoms with Gasteiger partial charge in [0.05, 0.1) is 0 Å². The van der Waals surface area contributed by atoms with Gasteiger partial charge in [-0.15, -0.1) is 0 Å². The van der Waals surface area contributed by atoms with Crippen LogP contribution >= 0.6 is 0 Å². The van der Waals surface area contributed by atoms with E-state index in [1.54, 1.807) is 0 Å². The summed E-state index contributed by atoms with van der Waals surface area (Å²) in [5.74, 6) is 0. The van der Waals surface area contributed by atoms with Gasteiger partial charge in [-0.25, -0.2) is 0 Å². The van der Waals surface area contributed by atoms with Crippen molar-refractivity contribution >= 4 is 48.8 Å². The molecule has 6 heteroatoms. The third kappa shape index (κ3) is 4.18. The van der Waals surface area contributed by atoms with Gasteiger partial charge in [0.1, 0.15) is 0 Å². The Morgan fingerprint density at radius 3 is 2.10 bits per heavy atom. The summed E-state index contributed by atoms with van der Waals surface area (Å²) in [5.41, 5.74) is 4.20. The van der Waals surface area contributed by atoms with Gasteiger partial charge in [0, 0.05) is 0 Å². The van der Waals surface area contributed by atoms with Crippen molar-refractivity contribution in [1.29, 1.82) is 0 Å². The number of aromatic nitrogens is 2. The molecule has 2 aromatic heterocycles. The van der Waals surface area contributed by atoms with Crippen molar-refractivity contribution in [2.45, 2.75) is 59.5 Å². The number of aryl methyl sites for hydroxylation is 5. The van der Waals surface area contributed by atoms with Crippen molar-refractivity contribution in [3.05, 3.63) is 67.7 Å². The molecule has 4 rings (SSSR count). The van der Waals surface area contributed by atoms with Crippen molar-refractivity contribution in [3.63, 3.8) is 0 Å². The third-order valence-electron chi connectivity index (χ3n) is 5.61. The summed E-state index contributed by atoms with van der Waals surface area (Å²) in [7, 11) is 0. The van der Waals surface area contributed by atoms with E-state index in [1.165, 1.54) is 25.2 Å². The summed E-state index contributed by atoms with van der Waals surface area (Å²) < 4.78 is 6.58. The number of nitrogens with zero attached hydrogens (tertiary/aromatic N) is 2. The molecule has 0 aliphatic carbocycles. The molecule has 0 radical (unpaired) electrons. The zero-order valence-corrected chi connectivity index (χ0v) is 20.6. The van der Waals surface area contributed by atoms with E-state index in [-0.39, 0.29) is 40.6 Å². The molecule has 0 atom stereocenters. The molecule has 0 bridgehead atoms. The van der Waals surface area contributed by atoms with Crippen molar-refractivity contribution < 1.29 is 0 Å². The average molecular weight is 520 g/mol. The molecular formula is C23H26N2O2Se2. The molecule has 0 saturated heterocycles. The normalized spacial score (nSPS) is 11.7. The fourth-order valence-electron chi connectivity index (χ4n) is 3.70. The maximum atomic E-state index is 12.6. The number of rotatable bonds is 7. The van der Waals surface area contributed by atoms with Gasteiger partial charge in [0.25, 0.3) is 0 Å². The van der Waals surface area contributed by atoms with Crippen LogP contribution in [0.5, 0.6) is 0 Å². The Kier molecular flexibility index (Phi) is 6.17. The van der Waals surface area contributed by atoms with Crippen molar-refractivity contribution in [1.82, 2.24) is 7.12 Å². The minimum atomic E-state index is 0.122. The van der Waals surface area contributed by atoms with Gasteiger partial charge in [0.2, 0.25) is 0 Å². The Morgan fingerprint density at radius 1 is 0.759 bits per heavy atom. The molecular weight excluding hydrogens is 494 g/mol. The van der Waals surface area contributed by atoms with Crippen molar-refractivity contribution in [2.75, 3.05) is 0 Å². The van der Waals surface area contributed by atoms with Crippen LogP contribution in [0.25, 0.3) is 19.3 Å². The molecule has 0 amide bonds. The zero-order chi connectivity index (χ0) is 20.5. The fraction of sp³-hybridized carbons (Fsp3) is 0.391. The van der Waals surface area contributed by atoms with Crippen molar-refractivity contribution in [2.24, 2.45) is 0 Å². The first-order valence-electron chi connectivity index (χ1n) is 10.2. The second kappa shape index (κ2) is 8.65. The number of hydrogen-bond donors (Lipinski definition) is 0. The second-order valence-electron chi connectivity index (χ2n) is 7.80. The van der Waals surface area contributed by atoms with Gasteiger partial charge in [-0.2, -0.15) is 0 Å². The first-order chi connectivity index (χ1) is 14.0. The Bertz CT molecular complexity index is 1290. The van der Waals surface area contributed by atoms with Gasteiger partial charge < -0.3 is 0 Å². The van der Waals surface area contributed by atoms with Gasteiger partial charge in [0.15, 0.2) is 0 Å². The van der Waals surface area contributed by atoms with E-state index in [0.717, 1.165) is 49.5 Å². The van der Waals surface area contributed by atoms with E-state index in [9.17, 15) is 9.59 Å². The molecule has 4 nitrogen and oxygen atoms in total. The van der Waals surface area contributed by atoms with E-state index in [1.807, 2.05) is 21.8 Å². The standard InChI is InChI=1S/C23H26N2O2Se2/c1-15-8-10-18-20(14-15)28-24(22(18)26)12-6-4-5-7-13-25-23(27)19-11-9-16(2)17(3)21(19)29-25/h8-11,14H,4-7,12-13H2,1-3H3. The molecule has 0 aliphatic heterocycles. The average Bonchev–Trinajstić information content (AvgIpc) is 3.18. The first kappa shape index (κ1) is 20.7. The van der Waals surface area contributed by atoms with Crippen LogP contribution in [0.15, 0.2) is 39.9 Å². The first-order valence-corrected chi connectivity index (χ1v) is 13.4. The van der Waals surface area contributed by atoms with Crippen LogP contribution in [0.1, 0.15) is 42.4 Å². The molecule has 0 aliphatic rings. The summed E-state index contributed by atoms with van der Waals surface area (Å²) in [4.78, 5) is 25.1. The van der Waals surface area contributed by atoms with Crippen LogP contribution in [0.2, 0.25) is 0 Å². The Hall–Kier alpha value is -1.58. The molecule has 2 aromatic carbocycles. The fourth-order valence-corrected chi connectivity index (χ4v) is 8.53. The van der Waals surface area contributed by atoms with E-state index < -0.39 is 0 Å². The van der Waals surface area contributed by atoms with E-state index in [4.69, 9.17) is 0 Å². The van der Waals surface area contributed by atoms with E-state index >= 15 is 0 Å². The molecule has 29 heavy (non-hydrogen) atoms. The predicted octanol–water partition coefficient (Wildman–Crippen LogP) is 3.62. The zero-order valence-electron chi connectivity index (χ0n) is 17.2. The second-order valence-corrected chi connectivity index (χ2v) is 12.2. The van der Waals surface area contributed by atoms with E-state index in [2.05, 4.69) is 36.5 Å². The predicted molar refractivity (Wildman–Crippen MR) is 123 cm³/mol. The quantitative estimate of drug-likeness (QED) is 0.276. The van der Waals surface area contributed by atoms with Crippen LogP contribution in [0.3, 0.4) is 0 Å². The van der Waals surface area contributed by atoms with Crippen LogP contribution in [0, 0.1) is 20.8 Å². The van der Waals surface area contributed by atoms with Gasteiger partial charge in [-0.05, 0) is 0 Å². The number of fused-ring (bicyclic) bond motifs is 2. The van der Waals surface area contributed by atoms with Crippen LogP contribution in [0.4, 0.5) is 0 Å². The molecule has 0 unspecified atom stereocenters. The van der Waals surface area contributed by atoms with Gasteiger partial charge in [-0.1, -0.05) is 0 Å². The summed E-state index contributed by atoms with van der Waals surface area (Å²) >= 11 is 0.252. The van der Waals surface area contributed by atoms with Crippen LogP contribution in [-0.2, 0) is 13.1 Å². The Labute approximate surface area is 182 Å². The monoisotopic (exact) mass is 522 g/mol. The van der Waals surface area contributed by atoms with Crippen LogP contribution in [-0.4, -0.2) is 36.6 Å². The third-order valence-corrected chi connectivity index (χ3v) is 10.6. The summed E-state index contributed by atoms with van der Waals surface area (Å²) in [6.07, 6.45) is 4.29. The van der Waals surface area contributed by atoms with Gasteiger partial charge in [-0.3, -0.25) is 0 Å². The summed E-state index contributed by atoms with van der Waals surface area (Å²) in [6, 6.07) is 10.2. The van der Waals surface area contributed by atoms with Crippen LogP contribution < -0.4 is 11.1 Å². The number of benzene rings is 2. The van der Waals surface area contributed by atoms with Gasteiger partial charge >= 0.3 is 183 Å². The molecule has 4 aromatic rings. The molecule has 0 saturated carbocycles. The number of hydrogen-bond acceptors (Lipinski definition) is 2. The van der Waals surface area contributed by atoms with E-state index in [0.29, 0.717) is 0 Å². The Balaban J connectivity index is 1.31. The molecule has 2 heterocycles. The molecule has 152 valence electrons. The maximum absolute atomic E-state index is 12.6. The topological polar surface area (TPSA) is 44.0 Å². The minimum absolute atomic E-state index is 0.122. The Morgan fingerprint density at radius 2 is 1.38 bits per heavy atom.